The third-order valence-corrected chi connectivity index (χ3v) is 6.70. The first-order valence-electron chi connectivity index (χ1n) is 11.2. The van der Waals surface area contributed by atoms with Crippen LogP contribution in [0.2, 0.25) is 0 Å². The maximum atomic E-state index is 14.0. The molecule has 0 fully saturated rings. The molecular formula is C27H17F9. The zero-order valence-electron chi connectivity index (χ0n) is 18.6. The van der Waals surface area contributed by atoms with Crippen LogP contribution in [-0.2, 0) is 24.9 Å². The minimum Gasteiger partial charge on any atom is -0.166 e. The highest BCUT2D eigenvalue weighted by atomic mass is 19.4. The Balaban J connectivity index is 2.07. The molecule has 0 heterocycles. The minimum absolute atomic E-state index is 0.0398. The zero-order valence-corrected chi connectivity index (χ0v) is 18.6. The number of unbranched alkanes of at least 4 members (excludes halogenated alkanes) is 1. The van der Waals surface area contributed by atoms with E-state index >= 15 is 0 Å². The second-order valence-corrected chi connectivity index (χ2v) is 8.85. The number of rotatable bonds is 3. The Kier molecular flexibility index (Phi) is 5.36. The van der Waals surface area contributed by atoms with E-state index in [1.54, 1.807) is 0 Å². The van der Waals surface area contributed by atoms with Crippen LogP contribution in [0, 0.1) is 0 Å². The molecule has 0 aliphatic rings. The first-order chi connectivity index (χ1) is 16.7. The topological polar surface area (TPSA) is 0 Å². The van der Waals surface area contributed by atoms with Gasteiger partial charge in [0.15, 0.2) is 0 Å². The van der Waals surface area contributed by atoms with Gasteiger partial charge in [-0.3, -0.25) is 0 Å². The molecular weight excluding hydrogens is 495 g/mol. The third-order valence-electron chi connectivity index (χ3n) is 6.70. The van der Waals surface area contributed by atoms with Crippen LogP contribution in [0.4, 0.5) is 39.5 Å². The van der Waals surface area contributed by atoms with Crippen molar-refractivity contribution in [2.45, 2.75) is 44.7 Å². The van der Waals surface area contributed by atoms with E-state index in [-0.39, 0.29) is 37.7 Å². The summed E-state index contributed by atoms with van der Waals surface area (Å²) in [7, 11) is 0. The Hall–Kier alpha value is -3.23. The molecule has 9 heteroatoms. The van der Waals surface area contributed by atoms with Crippen molar-refractivity contribution in [3.8, 4) is 0 Å². The normalized spacial score (nSPS) is 13.6. The van der Waals surface area contributed by atoms with Gasteiger partial charge in [0.2, 0.25) is 0 Å². The van der Waals surface area contributed by atoms with Gasteiger partial charge in [-0.15, -0.1) is 0 Å². The quantitative estimate of drug-likeness (QED) is 0.128. The van der Waals surface area contributed by atoms with Crippen molar-refractivity contribution in [2.75, 3.05) is 0 Å². The van der Waals surface area contributed by atoms with Gasteiger partial charge in [-0.1, -0.05) is 43.7 Å². The van der Waals surface area contributed by atoms with E-state index in [0.717, 1.165) is 30.7 Å². The first kappa shape index (κ1) is 24.5. The molecule has 0 bridgehead atoms. The molecule has 5 rings (SSSR count). The van der Waals surface area contributed by atoms with E-state index in [1.165, 1.54) is 12.1 Å². The van der Waals surface area contributed by atoms with E-state index in [1.807, 2.05) is 6.92 Å². The number of alkyl halides is 9. The summed E-state index contributed by atoms with van der Waals surface area (Å²) in [6.45, 7) is 1.89. The molecule has 0 aliphatic carbocycles. The Morgan fingerprint density at radius 2 is 0.833 bits per heavy atom. The lowest BCUT2D eigenvalue weighted by Gasteiger charge is -2.23. The predicted octanol–water partition coefficient (Wildman–Crippen LogP) is 10.1. The average Bonchev–Trinajstić information content (AvgIpc) is 2.78. The second-order valence-electron chi connectivity index (χ2n) is 8.85. The zero-order chi connectivity index (χ0) is 26.2. The summed E-state index contributed by atoms with van der Waals surface area (Å²) in [6.07, 6.45) is -13.1. The smallest absolute Gasteiger partial charge is 0.166 e. The molecule has 0 unspecified atom stereocenters. The summed E-state index contributed by atoms with van der Waals surface area (Å²) in [6, 6.07) is 8.26. The highest BCUT2D eigenvalue weighted by Crippen LogP contribution is 2.50. The molecule has 0 saturated heterocycles. The monoisotopic (exact) mass is 512 g/mol. The minimum atomic E-state index is -5.07. The van der Waals surface area contributed by atoms with Crippen LogP contribution in [0.25, 0.3) is 43.1 Å². The summed E-state index contributed by atoms with van der Waals surface area (Å²) in [4.78, 5) is 0. The fraction of sp³-hybridized carbons (Fsp3) is 0.259. The molecule has 5 aromatic carbocycles. The van der Waals surface area contributed by atoms with Crippen LogP contribution in [0.5, 0.6) is 0 Å². The summed E-state index contributed by atoms with van der Waals surface area (Å²) in [5.74, 6) is 0. The van der Waals surface area contributed by atoms with E-state index in [4.69, 9.17) is 0 Å². The maximum Gasteiger partial charge on any atom is 0.417 e. The van der Waals surface area contributed by atoms with Crippen molar-refractivity contribution in [3.63, 3.8) is 0 Å². The Labute approximate surface area is 198 Å². The molecule has 0 aliphatic heterocycles. The van der Waals surface area contributed by atoms with Crippen LogP contribution in [0.15, 0.2) is 48.5 Å². The van der Waals surface area contributed by atoms with E-state index in [2.05, 4.69) is 0 Å². The Morgan fingerprint density at radius 1 is 0.472 bits per heavy atom. The van der Waals surface area contributed by atoms with E-state index in [0.29, 0.717) is 30.5 Å². The molecule has 188 valence electrons. The molecule has 0 saturated carbocycles. The van der Waals surface area contributed by atoms with Crippen LogP contribution in [-0.4, -0.2) is 0 Å². The number of hydrogen-bond donors (Lipinski definition) is 0. The fourth-order valence-electron chi connectivity index (χ4n) is 5.24. The molecule has 36 heavy (non-hydrogen) atoms. The molecule has 0 aromatic heterocycles. The highest BCUT2D eigenvalue weighted by molar-refractivity contribution is 6.34. The lowest BCUT2D eigenvalue weighted by Crippen LogP contribution is -2.12. The molecule has 0 atom stereocenters. The maximum absolute atomic E-state index is 14.0. The van der Waals surface area contributed by atoms with Crippen LogP contribution >= 0.6 is 0 Å². The van der Waals surface area contributed by atoms with E-state index in [9.17, 15) is 39.5 Å². The number of halogens is 9. The summed E-state index contributed by atoms with van der Waals surface area (Å²) in [5.41, 5.74) is -3.33. The molecule has 0 N–H and O–H groups in total. The van der Waals surface area contributed by atoms with Crippen molar-refractivity contribution in [3.05, 3.63) is 70.8 Å². The molecule has 0 radical (unpaired) electrons. The molecule has 0 amide bonds. The Morgan fingerprint density at radius 3 is 1.22 bits per heavy atom. The standard InChI is InChI=1S/C27H17F9/c1-2-3-4-13-5-6-14-16-8-11-19(26(31,32)33)24-20(27(34,35)36)12-9-17(23(16)24)15-7-10-18(25(28,29)30)21(13)22(14)15/h5-12H,2-4H2,1H3. The average molecular weight is 512 g/mol. The highest BCUT2D eigenvalue weighted by Gasteiger charge is 2.40. The first-order valence-corrected chi connectivity index (χ1v) is 11.2. The van der Waals surface area contributed by atoms with Gasteiger partial charge in [0.25, 0.3) is 0 Å². The second kappa shape index (κ2) is 7.88. The molecule has 0 spiro atoms. The van der Waals surface area contributed by atoms with Crippen molar-refractivity contribution < 1.29 is 39.5 Å². The van der Waals surface area contributed by atoms with Crippen LogP contribution in [0.1, 0.15) is 42.0 Å². The number of fused-ring (bicyclic) bond motifs is 2. The largest absolute Gasteiger partial charge is 0.417 e. The third kappa shape index (κ3) is 3.62. The lowest BCUT2D eigenvalue weighted by molar-refractivity contribution is -0.140. The van der Waals surface area contributed by atoms with Gasteiger partial charge in [0.1, 0.15) is 0 Å². The number of hydrogen-bond acceptors (Lipinski definition) is 0. The van der Waals surface area contributed by atoms with Crippen LogP contribution in [0.3, 0.4) is 0 Å². The molecule has 0 nitrogen and oxygen atoms in total. The van der Waals surface area contributed by atoms with E-state index < -0.39 is 40.6 Å². The molecule has 5 aromatic rings. The van der Waals surface area contributed by atoms with Crippen molar-refractivity contribution in [1.29, 1.82) is 0 Å². The van der Waals surface area contributed by atoms with Crippen LogP contribution < -0.4 is 0 Å². The SMILES string of the molecule is CCCCc1ccc2c3ccc(C(F)(F)F)c4c(C(F)(F)F)ccc(c5ccc(C(F)(F)F)c1c25)c43. The predicted molar refractivity (Wildman–Crippen MR) is 121 cm³/mol. The number of aryl methyl sites for hydroxylation is 1. The van der Waals surface area contributed by atoms with Gasteiger partial charge in [0.05, 0.1) is 16.7 Å². The summed E-state index contributed by atoms with van der Waals surface area (Å²) < 4.78 is 125. The summed E-state index contributed by atoms with van der Waals surface area (Å²) in [5, 5.41) is -0.714. The number of benzene rings is 5. The van der Waals surface area contributed by atoms with Gasteiger partial charge >= 0.3 is 18.5 Å². The summed E-state index contributed by atoms with van der Waals surface area (Å²) >= 11 is 0. The van der Waals surface area contributed by atoms with Gasteiger partial charge in [-0.25, -0.2) is 0 Å². The van der Waals surface area contributed by atoms with Crippen molar-refractivity contribution >= 4 is 43.1 Å². The Bertz CT molecular complexity index is 1550. The fourth-order valence-corrected chi connectivity index (χ4v) is 5.24. The van der Waals surface area contributed by atoms with Crippen molar-refractivity contribution in [2.24, 2.45) is 0 Å². The van der Waals surface area contributed by atoms with Gasteiger partial charge in [-0.05, 0) is 74.3 Å². The van der Waals surface area contributed by atoms with Gasteiger partial charge in [0, 0.05) is 5.39 Å². The van der Waals surface area contributed by atoms with Crippen molar-refractivity contribution in [1.82, 2.24) is 0 Å². The lowest BCUT2D eigenvalue weighted by atomic mass is 9.83. The van der Waals surface area contributed by atoms with Gasteiger partial charge in [-0.2, -0.15) is 39.5 Å². The van der Waals surface area contributed by atoms with Gasteiger partial charge < -0.3 is 0 Å².